The lowest BCUT2D eigenvalue weighted by atomic mass is 9.69. The zero-order valence-electron chi connectivity index (χ0n) is 8.22. The summed E-state index contributed by atoms with van der Waals surface area (Å²) in [6.07, 6.45) is 7.94. The summed E-state index contributed by atoms with van der Waals surface area (Å²) >= 11 is 0. The molecule has 0 aliphatic heterocycles. The summed E-state index contributed by atoms with van der Waals surface area (Å²) < 4.78 is 5.23. The van der Waals surface area contributed by atoms with Gasteiger partial charge in [-0.1, -0.05) is 18.9 Å². The van der Waals surface area contributed by atoms with E-state index in [-0.39, 0.29) is 0 Å². The van der Waals surface area contributed by atoms with Crippen molar-refractivity contribution in [1.29, 1.82) is 0 Å². The molecule has 0 spiro atoms. The summed E-state index contributed by atoms with van der Waals surface area (Å²) in [4.78, 5) is 0. The van der Waals surface area contributed by atoms with Crippen molar-refractivity contribution in [2.45, 2.75) is 38.8 Å². The fourth-order valence-electron chi connectivity index (χ4n) is 1.02. The highest BCUT2D eigenvalue weighted by molar-refractivity contribution is 6.35. The third-order valence-corrected chi connectivity index (χ3v) is 1.73. The van der Waals surface area contributed by atoms with Gasteiger partial charge in [0, 0.05) is 13.2 Å². The van der Waals surface area contributed by atoms with Crippen molar-refractivity contribution in [2.75, 3.05) is 13.2 Å². The maximum Gasteiger partial charge on any atom is 0.0464 e. The molecule has 70 valence electrons. The Bertz CT molecular complexity index is 93.8. The normalized spacial score (nSPS) is 10.1. The molecule has 2 radical (unpaired) electrons. The van der Waals surface area contributed by atoms with Crippen LogP contribution in [0.25, 0.3) is 0 Å². The number of rotatable bonds is 9. The van der Waals surface area contributed by atoms with E-state index in [9.17, 15) is 0 Å². The lowest BCUT2D eigenvalue weighted by molar-refractivity contribution is 0.144. The Hall–Kier alpha value is -0.235. The fraction of sp³-hybridized carbons (Fsp3) is 0.800. The average molecular weight is 167 g/mol. The molecule has 0 atom stereocenters. The van der Waals surface area contributed by atoms with Crippen LogP contribution in [-0.4, -0.2) is 20.5 Å². The van der Waals surface area contributed by atoms with Gasteiger partial charge in [0.2, 0.25) is 0 Å². The monoisotopic (exact) mass is 167 g/mol. The quantitative estimate of drug-likeness (QED) is 0.291. The number of unbranched alkanes of at least 4 members (excludes halogenated alkanes) is 1. The minimum Gasteiger partial charge on any atom is -0.382 e. The van der Waals surface area contributed by atoms with Crippen LogP contribution in [0.4, 0.5) is 0 Å². The molecule has 0 aliphatic rings. The predicted octanol–water partition coefficient (Wildman–Crippen LogP) is 2.92. The van der Waals surface area contributed by atoms with Crippen LogP contribution in [0.15, 0.2) is 12.7 Å². The molecule has 0 fully saturated rings. The molecule has 0 saturated heterocycles. The number of allylic oxidation sites excluding steroid dienone is 1. The summed E-state index contributed by atoms with van der Waals surface area (Å²) in [5, 5.41) is 0. The van der Waals surface area contributed by atoms with Gasteiger partial charge in [-0.25, -0.2) is 12.6 Å². The van der Waals surface area contributed by atoms with Crippen molar-refractivity contribution in [3.05, 3.63) is 12.7 Å². The SMILES string of the molecule is C=CCC[B-]CCCCOCC. The van der Waals surface area contributed by atoms with Crippen LogP contribution in [-0.2, 0) is 4.74 Å². The topological polar surface area (TPSA) is 9.23 Å². The zero-order chi connectivity index (χ0) is 9.07. The molecule has 0 rings (SSSR count). The summed E-state index contributed by atoms with van der Waals surface area (Å²) in [6, 6.07) is 0. The van der Waals surface area contributed by atoms with Gasteiger partial charge in [-0.15, -0.1) is 6.58 Å². The van der Waals surface area contributed by atoms with Crippen molar-refractivity contribution < 1.29 is 4.74 Å². The second-order valence-corrected chi connectivity index (χ2v) is 2.85. The standard InChI is InChI=1S/C10H20BO/c1-3-5-8-11-9-6-7-10-12-4-2/h3H,1,4-10H2,2H3/q-1. The van der Waals surface area contributed by atoms with E-state index >= 15 is 0 Å². The first-order chi connectivity index (χ1) is 5.91. The minimum absolute atomic E-state index is 0.847. The Morgan fingerprint density at radius 1 is 1.33 bits per heavy atom. The summed E-state index contributed by atoms with van der Waals surface area (Å²) in [6.45, 7) is 7.49. The Labute approximate surface area is 77.4 Å². The van der Waals surface area contributed by atoms with Gasteiger partial charge in [-0.3, -0.25) is 0 Å². The molecule has 0 saturated carbocycles. The van der Waals surface area contributed by atoms with Crippen LogP contribution in [0.5, 0.6) is 0 Å². The van der Waals surface area contributed by atoms with Crippen molar-refractivity contribution in [2.24, 2.45) is 0 Å². The third-order valence-electron chi connectivity index (χ3n) is 1.73. The molecular weight excluding hydrogens is 147 g/mol. The summed E-state index contributed by atoms with van der Waals surface area (Å²) in [5.41, 5.74) is 0. The van der Waals surface area contributed by atoms with E-state index < -0.39 is 0 Å². The summed E-state index contributed by atoms with van der Waals surface area (Å²) in [7, 11) is 2.34. The molecule has 2 heteroatoms. The Kier molecular flexibility index (Phi) is 10.6. The van der Waals surface area contributed by atoms with Crippen molar-refractivity contribution in [3.8, 4) is 0 Å². The molecular formula is C10H20BO-. The molecule has 0 bridgehead atoms. The van der Waals surface area contributed by atoms with Gasteiger partial charge in [-0.2, -0.15) is 0 Å². The average Bonchev–Trinajstić information content (AvgIpc) is 2.10. The minimum atomic E-state index is 0.847. The van der Waals surface area contributed by atoms with Gasteiger partial charge in [0.1, 0.15) is 0 Å². The molecule has 0 N–H and O–H groups in total. The molecule has 0 unspecified atom stereocenters. The molecule has 0 aliphatic carbocycles. The Balaban J connectivity index is 2.77. The van der Waals surface area contributed by atoms with E-state index in [1.165, 1.54) is 25.5 Å². The molecule has 0 amide bonds. The molecule has 0 aromatic rings. The van der Waals surface area contributed by atoms with E-state index in [2.05, 4.69) is 13.9 Å². The van der Waals surface area contributed by atoms with Gasteiger partial charge < -0.3 is 12.0 Å². The molecule has 0 aromatic heterocycles. The second-order valence-electron chi connectivity index (χ2n) is 2.85. The third kappa shape index (κ3) is 9.76. The van der Waals surface area contributed by atoms with Crippen molar-refractivity contribution in [3.63, 3.8) is 0 Å². The fourth-order valence-corrected chi connectivity index (χ4v) is 1.02. The number of hydrogen-bond acceptors (Lipinski definition) is 1. The second kappa shape index (κ2) is 10.8. The van der Waals surface area contributed by atoms with Gasteiger partial charge >= 0.3 is 0 Å². The van der Waals surface area contributed by atoms with E-state index in [0.717, 1.165) is 19.6 Å². The van der Waals surface area contributed by atoms with Crippen molar-refractivity contribution in [1.82, 2.24) is 0 Å². The van der Waals surface area contributed by atoms with Crippen LogP contribution in [0.3, 0.4) is 0 Å². The van der Waals surface area contributed by atoms with Crippen LogP contribution in [0, 0.1) is 0 Å². The number of ether oxygens (including phenoxy) is 1. The van der Waals surface area contributed by atoms with Crippen LogP contribution < -0.4 is 0 Å². The lowest BCUT2D eigenvalue weighted by Crippen LogP contribution is -1.95. The first kappa shape index (κ1) is 11.8. The van der Waals surface area contributed by atoms with E-state index in [1.54, 1.807) is 0 Å². The molecule has 0 heterocycles. The van der Waals surface area contributed by atoms with Gasteiger partial charge in [0.25, 0.3) is 0 Å². The first-order valence-electron chi connectivity index (χ1n) is 4.92. The predicted molar refractivity (Wildman–Crippen MR) is 55.9 cm³/mol. The smallest absolute Gasteiger partial charge is 0.0464 e. The van der Waals surface area contributed by atoms with Crippen molar-refractivity contribution >= 4 is 7.28 Å². The lowest BCUT2D eigenvalue weighted by Gasteiger charge is -2.11. The molecule has 0 aromatic carbocycles. The highest BCUT2D eigenvalue weighted by atomic mass is 16.5. The molecule has 12 heavy (non-hydrogen) atoms. The highest BCUT2D eigenvalue weighted by Crippen LogP contribution is 1.99. The largest absolute Gasteiger partial charge is 0.382 e. The van der Waals surface area contributed by atoms with Crippen LogP contribution >= 0.6 is 0 Å². The summed E-state index contributed by atoms with van der Waals surface area (Å²) in [5.74, 6) is 0. The Morgan fingerprint density at radius 3 is 2.83 bits per heavy atom. The first-order valence-corrected chi connectivity index (χ1v) is 4.92. The van der Waals surface area contributed by atoms with Crippen LogP contribution in [0.2, 0.25) is 12.6 Å². The highest BCUT2D eigenvalue weighted by Gasteiger charge is 1.82. The van der Waals surface area contributed by atoms with Crippen LogP contribution in [0.1, 0.15) is 26.2 Å². The van der Waals surface area contributed by atoms with Gasteiger partial charge in [0.15, 0.2) is 0 Å². The maximum absolute atomic E-state index is 5.23. The zero-order valence-corrected chi connectivity index (χ0v) is 8.22. The van der Waals surface area contributed by atoms with Gasteiger partial charge in [-0.05, 0) is 13.3 Å². The number of hydrogen-bond donors (Lipinski definition) is 0. The molecule has 1 nitrogen and oxygen atoms in total. The van der Waals surface area contributed by atoms with Gasteiger partial charge in [0.05, 0.1) is 0 Å². The Morgan fingerprint density at radius 2 is 2.17 bits per heavy atom. The van der Waals surface area contributed by atoms with E-state index in [1.807, 2.05) is 13.0 Å². The van der Waals surface area contributed by atoms with E-state index in [4.69, 9.17) is 4.74 Å². The maximum atomic E-state index is 5.23. The van der Waals surface area contributed by atoms with E-state index in [0.29, 0.717) is 0 Å².